The van der Waals surface area contributed by atoms with Crippen LogP contribution in [0.2, 0.25) is 0 Å². The highest BCUT2D eigenvalue weighted by Gasteiger charge is 2.26. The average molecular weight is 379 g/mol. The molecule has 1 aromatic rings. The Morgan fingerprint density at radius 1 is 1.26 bits per heavy atom. The first-order valence-electron chi connectivity index (χ1n) is 8.53. The summed E-state index contributed by atoms with van der Waals surface area (Å²) in [6.07, 6.45) is -1.48. The Bertz CT molecular complexity index is 728. The third kappa shape index (κ3) is 7.99. The SMILES string of the molecule is COC(=O)[C@H](Oc1cc(F)ccc1C#CCNC(=O)OC(C)(C)C)C(C)C. The highest BCUT2D eigenvalue weighted by molar-refractivity contribution is 5.75. The summed E-state index contributed by atoms with van der Waals surface area (Å²) >= 11 is 0. The topological polar surface area (TPSA) is 73.9 Å². The van der Waals surface area contributed by atoms with Crippen molar-refractivity contribution in [2.45, 2.75) is 46.3 Å². The van der Waals surface area contributed by atoms with E-state index in [4.69, 9.17) is 14.2 Å². The van der Waals surface area contributed by atoms with Crippen LogP contribution in [-0.2, 0) is 14.3 Å². The molecule has 148 valence electrons. The molecule has 7 heteroatoms. The Balaban J connectivity index is 2.89. The van der Waals surface area contributed by atoms with Gasteiger partial charge in [0.25, 0.3) is 0 Å². The number of hydrogen-bond donors (Lipinski definition) is 1. The molecule has 0 aromatic heterocycles. The summed E-state index contributed by atoms with van der Waals surface area (Å²) in [5, 5.41) is 2.50. The summed E-state index contributed by atoms with van der Waals surface area (Å²) < 4.78 is 29.1. The second kappa shape index (κ2) is 9.81. The van der Waals surface area contributed by atoms with Gasteiger partial charge in [0.2, 0.25) is 0 Å². The van der Waals surface area contributed by atoms with Crippen LogP contribution in [-0.4, -0.2) is 37.4 Å². The number of halogens is 1. The number of alkyl carbamates (subject to hydrolysis) is 1. The Morgan fingerprint density at radius 2 is 1.93 bits per heavy atom. The molecule has 0 unspecified atom stereocenters. The number of methoxy groups -OCH3 is 1. The van der Waals surface area contributed by atoms with Crippen molar-refractivity contribution >= 4 is 12.1 Å². The molecule has 0 saturated carbocycles. The van der Waals surface area contributed by atoms with Crippen LogP contribution in [0.25, 0.3) is 0 Å². The van der Waals surface area contributed by atoms with E-state index in [1.165, 1.54) is 19.2 Å². The van der Waals surface area contributed by atoms with Crippen LogP contribution in [0.3, 0.4) is 0 Å². The minimum absolute atomic E-state index is 0.0380. The summed E-state index contributed by atoms with van der Waals surface area (Å²) in [5.41, 5.74) is -0.216. The second-order valence-electron chi connectivity index (χ2n) is 7.10. The molecule has 0 bridgehead atoms. The van der Waals surface area contributed by atoms with Gasteiger partial charge in [0.05, 0.1) is 19.2 Å². The summed E-state index contributed by atoms with van der Waals surface area (Å²) in [6.45, 7) is 8.89. The van der Waals surface area contributed by atoms with Gasteiger partial charge in [-0.05, 0) is 32.9 Å². The minimum atomic E-state index is -0.891. The lowest BCUT2D eigenvalue weighted by atomic mass is 10.1. The number of carbonyl (C=O) groups is 2. The van der Waals surface area contributed by atoms with Crippen LogP contribution in [0, 0.1) is 23.6 Å². The Kier molecular flexibility index (Phi) is 8.10. The lowest BCUT2D eigenvalue weighted by Crippen LogP contribution is -2.33. The molecule has 1 N–H and O–H groups in total. The number of amides is 1. The van der Waals surface area contributed by atoms with E-state index in [1.807, 2.05) is 0 Å². The Hall–Kier alpha value is -2.75. The zero-order chi connectivity index (χ0) is 20.6. The number of carbonyl (C=O) groups excluding carboxylic acids is 2. The van der Waals surface area contributed by atoms with E-state index in [9.17, 15) is 14.0 Å². The summed E-state index contributed by atoms with van der Waals surface area (Å²) in [6, 6.07) is 3.84. The molecule has 6 nitrogen and oxygen atoms in total. The zero-order valence-electron chi connectivity index (χ0n) is 16.5. The fourth-order valence-corrected chi connectivity index (χ4v) is 1.98. The van der Waals surface area contributed by atoms with Crippen LogP contribution >= 0.6 is 0 Å². The average Bonchev–Trinajstić information content (AvgIpc) is 2.55. The Morgan fingerprint density at radius 3 is 2.48 bits per heavy atom. The number of rotatable bonds is 5. The lowest BCUT2D eigenvalue weighted by Gasteiger charge is -2.21. The van der Waals surface area contributed by atoms with Crippen molar-refractivity contribution in [3.63, 3.8) is 0 Å². The lowest BCUT2D eigenvalue weighted by molar-refractivity contribution is -0.150. The van der Waals surface area contributed by atoms with E-state index in [0.717, 1.165) is 6.07 Å². The van der Waals surface area contributed by atoms with Gasteiger partial charge in [-0.3, -0.25) is 0 Å². The number of ether oxygens (including phenoxy) is 3. The van der Waals surface area contributed by atoms with Crippen molar-refractivity contribution in [3.05, 3.63) is 29.6 Å². The number of hydrogen-bond acceptors (Lipinski definition) is 5. The molecular formula is C20H26FNO5. The van der Waals surface area contributed by atoms with Gasteiger partial charge in [-0.15, -0.1) is 0 Å². The predicted octanol–water partition coefficient (Wildman–Crippen LogP) is 3.28. The Labute approximate surface area is 159 Å². The fourth-order valence-electron chi connectivity index (χ4n) is 1.98. The third-order valence-electron chi connectivity index (χ3n) is 3.18. The van der Waals surface area contributed by atoms with Gasteiger partial charge in [-0.2, -0.15) is 0 Å². The molecule has 0 saturated heterocycles. The predicted molar refractivity (Wildman–Crippen MR) is 98.8 cm³/mol. The van der Waals surface area contributed by atoms with Gasteiger partial charge in [0, 0.05) is 12.0 Å². The maximum atomic E-state index is 13.6. The van der Waals surface area contributed by atoms with Gasteiger partial charge in [0.1, 0.15) is 17.2 Å². The molecule has 1 rings (SSSR count). The van der Waals surface area contributed by atoms with Gasteiger partial charge in [-0.1, -0.05) is 25.7 Å². The maximum Gasteiger partial charge on any atom is 0.408 e. The molecule has 0 aliphatic heterocycles. The molecule has 1 atom stereocenters. The molecule has 1 aromatic carbocycles. The number of esters is 1. The fraction of sp³-hybridized carbons (Fsp3) is 0.500. The van der Waals surface area contributed by atoms with Crippen molar-refractivity contribution < 1.29 is 28.2 Å². The zero-order valence-corrected chi connectivity index (χ0v) is 16.5. The molecule has 0 fully saturated rings. The summed E-state index contributed by atoms with van der Waals surface area (Å²) in [7, 11) is 1.26. The minimum Gasteiger partial charge on any atom is -0.477 e. The smallest absolute Gasteiger partial charge is 0.408 e. The van der Waals surface area contributed by atoms with E-state index in [0.29, 0.717) is 5.56 Å². The first-order chi connectivity index (χ1) is 12.5. The molecule has 0 aliphatic carbocycles. The van der Waals surface area contributed by atoms with Gasteiger partial charge in [0.15, 0.2) is 6.10 Å². The third-order valence-corrected chi connectivity index (χ3v) is 3.18. The largest absolute Gasteiger partial charge is 0.477 e. The van der Waals surface area contributed by atoms with Crippen molar-refractivity contribution in [1.29, 1.82) is 0 Å². The highest BCUT2D eigenvalue weighted by Crippen LogP contribution is 2.23. The first-order valence-corrected chi connectivity index (χ1v) is 8.53. The molecule has 0 aliphatic rings. The van der Waals surface area contributed by atoms with E-state index >= 15 is 0 Å². The van der Waals surface area contributed by atoms with Crippen LogP contribution in [0.1, 0.15) is 40.2 Å². The molecule has 1 amide bonds. The van der Waals surface area contributed by atoms with Gasteiger partial charge < -0.3 is 19.5 Å². The van der Waals surface area contributed by atoms with Gasteiger partial charge >= 0.3 is 12.1 Å². The van der Waals surface area contributed by atoms with E-state index in [1.54, 1.807) is 34.6 Å². The van der Waals surface area contributed by atoms with Crippen molar-refractivity contribution in [3.8, 4) is 17.6 Å². The van der Waals surface area contributed by atoms with E-state index < -0.39 is 29.6 Å². The second-order valence-corrected chi connectivity index (χ2v) is 7.10. The van der Waals surface area contributed by atoms with Crippen molar-refractivity contribution in [1.82, 2.24) is 5.32 Å². The molecule has 0 heterocycles. The maximum absolute atomic E-state index is 13.6. The standard InChI is InChI=1S/C20H26FNO5/c1-13(2)17(18(23)25-6)26-16-12-15(21)10-9-14(16)8-7-11-22-19(24)27-20(3,4)5/h9-10,12-13,17H,11H2,1-6H3,(H,22,24)/t17-/m1/s1. The molecule has 0 spiro atoms. The van der Waals surface area contributed by atoms with Crippen LogP contribution in [0.4, 0.5) is 9.18 Å². The van der Waals surface area contributed by atoms with E-state index in [2.05, 4.69) is 17.2 Å². The van der Waals surface area contributed by atoms with Crippen LogP contribution in [0.15, 0.2) is 18.2 Å². The van der Waals surface area contributed by atoms with Crippen LogP contribution < -0.4 is 10.1 Å². The van der Waals surface area contributed by atoms with E-state index in [-0.39, 0.29) is 18.2 Å². The monoisotopic (exact) mass is 379 g/mol. The summed E-state index contributed by atoms with van der Waals surface area (Å²) in [5.74, 6) is 4.41. The quantitative estimate of drug-likeness (QED) is 0.628. The first kappa shape index (κ1) is 22.3. The number of nitrogens with one attached hydrogen (secondary N) is 1. The highest BCUT2D eigenvalue weighted by atomic mass is 19.1. The molecule has 0 radical (unpaired) electrons. The van der Waals surface area contributed by atoms with Crippen molar-refractivity contribution in [2.75, 3.05) is 13.7 Å². The van der Waals surface area contributed by atoms with Gasteiger partial charge in [-0.25, -0.2) is 14.0 Å². The number of benzene rings is 1. The summed E-state index contributed by atoms with van der Waals surface area (Å²) in [4.78, 5) is 23.4. The normalized spacial score (nSPS) is 11.9. The van der Waals surface area contributed by atoms with Crippen molar-refractivity contribution in [2.24, 2.45) is 5.92 Å². The van der Waals surface area contributed by atoms with Crippen LogP contribution in [0.5, 0.6) is 5.75 Å². The molecular weight excluding hydrogens is 353 g/mol. The molecule has 27 heavy (non-hydrogen) atoms.